The molecular weight excluding hydrogens is 401 g/mol. The summed E-state index contributed by atoms with van der Waals surface area (Å²) in [4.78, 5) is 22.7. The molecule has 1 aliphatic rings. The number of carbonyl (C=O) groups is 1. The summed E-state index contributed by atoms with van der Waals surface area (Å²) >= 11 is 0. The lowest BCUT2D eigenvalue weighted by molar-refractivity contribution is -0.384. The van der Waals surface area contributed by atoms with Gasteiger partial charge in [0.15, 0.2) is 0 Å². The van der Waals surface area contributed by atoms with Crippen LogP contribution >= 0.6 is 0 Å². The van der Waals surface area contributed by atoms with E-state index >= 15 is 0 Å². The van der Waals surface area contributed by atoms with Crippen LogP contribution in [0.25, 0.3) is 0 Å². The highest BCUT2D eigenvalue weighted by molar-refractivity contribution is 7.88. The zero-order chi connectivity index (χ0) is 21.0. The smallest absolute Gasteiger partial charge is 0.271 e. The first-order valence-corrected chi connectivity index (χ1v) is 10.6. The van der Waals surface area contributed by atoms with Gasteiger partial charge in [-0.15, -0.1) is 0 Å². The molecule has 2 aromatic rings. The summed E-state index contributed by atoms with van der Waals surface area (Å²) in [5.41, 5.74) is 0.300. The third-order valence-corrected chi connectivity index (χ3v) is 6.67. The molecule has 0 aliphatic carbocycles. The van der Waals surface area contributed by atoms with Crippen LogP contribution < -0.4 is 5.32 Å². The molecule has 0 radical (unpaired) electrons. The number of nitrogens with one attached hydrogen (secondary N) is 1. The van der Waals surface area contributed by atoms with Crippen LogP contribution in [0.15, 0.2) is 48.5 Å². The van der Waals surface area contributed by atoms with Crippen LogP contribution in [0.1, 0.15) is 18.4 Å². The van der Waals surface area contributed by atoms with Gasteiger partial charge in [0.25, 0.3) is 5.69 Å². The van der Waals surface area contributed by atoms with Gasteiger partial charge in [-0.25, -0.2) is 17.1 Å². The summed E-state index contributed by atoms with van der Waals surface area (Å²) in [6.07, 6.45) is 0.633. The van der Waals surface area contributed by atoms with Crippen molar-refractivity contribution in [2.45, 2.75) is 18.6 Å². The highest BCUT2D eigenvalue weighted by Gasteiger charge is 2.31. The Kier molecular flexibility index (Phi) is 6.23. The first-order chi connectivity index (χ1) is 13.8. The fraction of sp³-hybridized carbons (Fsp3) is 0.316. The van der Waals surface area contributed by atoms with Crippen LogP contribution in [0.4, 0.5) is 15.8 Å². The van der Waals surface area contributed by atoms with E-state index in [9.17, 15) is 27.7 Å². The van der Waals surface area contributed by atoms with E-state index in [1.165, 1.54) is 40.7 Å². The summed E-state index contributed by atoms with van der Waals surface area (Å²) < 4.78 is 40.2. The molecule has 0 unspecified atom stereocenters. The Balaban J connectivity index is 1.58. The minimum absolute atomic E-state index is 0.109. The topological polar surface area (TPSA) is 110 Å². The van der Waals surface area contributed by atoms with Gasteiger partial charge in [-0.1, -0.05) is 24.3 Å². The van der Waals surface area contributed by atoms with Crippen molar-refractivity contribution in [3.05, 3.63) is 70.0 Å². The lowest BCUT2D eigenvalue weighted by Gasteiger charge is -2.30. The molecule has 29 heavy (non-hydrogen) atoms. The van der Waals surface area contributed by atoms with Crippen LogP contribution in [-0.4, -0.2) is 36.6 Å². The molecule has 1 saturated heterocycles. The third-order valence-electron chi connectivity index (χ3n) is 4.84. The highest BCUT2D eigenvalue weighted by Crippen LogP contribution is 2.24. The van der Waals surface area contributed by atoms with E-state index in [4.69, 9.17) is 0 Å². The molecule has 1 aliphatic heterocycles. The highest BCUT2D eigenvalue weighted by atomic mass is 32.2. The summed E-state index contributed by atoms with van der Waals surface area (Å²) in [7, 11) is -3.70. The third kappa shape index (κ3) is 5.15. The Morgan fingerprint density at radius 2 is 1.86 bits per heavy atom. The summed E-state index contributed by atoms with van der Waals surface area (Å²) in [6, 6.07) is 11.4. The monoisotopic (exact) mass is 421 g/mol. The van der Waals surface area contributed by atoms with Gasteiger partial charge in [0.2, 0.25) is 15.9 Å². The molecule has 2 aromatic carbocycles. The molecule has 1 N–H and O–H groups in total. The number of amides is 1. The minimum atomic E-state index is -3.70. The predicted molar refractivity (Wildman–Crippen MR) is 105 cm³/mol. The fourth-order valence-corrected chi connectivity index (χ4v) is 4.82. The maximum atomic E-state index is 13.8. The second-order valence-electron chi connectivity index (χ2n) is 6.82. The number of carbonyl (C=O) groups excluding carboxylic acids is 1. The molecule has 1 fully saturated rings. The standard InChI is InChI=1S/C19H20FN3O5S/c20-18-7-2-1-4-15(18)13-29(27,28)22-10-8-14(9-11-22)19(24)21-16-5-3-6-17(12-16)23(25)26/h1-7,12,14H,8-11,13H2,(H,21,24). The average molecular weight is 421 g/mol. The van der Waals surface area contributed by atoms with E-state index in [0.717, 1.165) is 0 Å². The molecule has 0 atom stereocenters. The van der Waals surface area contributed by atoms with E-state index in [1.54, 1.807) is 12.1 Å². The van der Waals surface area contributed by atoms with E-state index in [1.807, 2.05) is 0 Å². The number of sulfonamides is 1. The van der Waals surface area contributed by atoms with Crippen molar-refractivity contribution >= 4 is 27.3 Å². The van der Waals surface area contributed by atoms with Gasteiger partial charge >= 0.3 is 0 Å². The van der Waals surface area contributed by atoms with E-state index in [2.05, 4.69) is 5.32 Å². The molecule has 1 amide bonds. The zero-order valence-corrected chi connectivity index (χ0v) is 16.3. The number of nitro benzene ring substituents is 1. The van der Waals surface area contributed by atoms with Crippen molar-refractivity contribution < 1.29 is 22.5 Å². The van der Waals surface area contributed by atoms with Gasteiger partial charge in [-0.2, -0.15) is 0 Å². The molecule has 0 saturated carbocycles. The summed E-state index contributed by atoms with van der Waals surface area (Å²) in [5.74, 6) is -1.71. The Bertz CT molecular complexity index is 1020. The molecule has 1 heterocycles. The average Bonchev–Trinajstić information content (AvgIpc) is 2.70. The molecule has 0 spiro atoms. The number of anilines is 1. The maximum Gasteiger partial charge on any atom is 0.271 e. The van der Waals surface area contributed by atoms with Crippen LogP contribution in [0.2, 0.25) is 0 Å². The van der Waals surface area contributed by atoms with Crippen molar-refractivity contribution in [2.75, 3.05) is 18.4 Å². The molecular formula is C19H20FN3O5S. The Labute approximate surface area is 167 Å². The Morgan fingerprint density at radius 3 is 2.52 bits per heavy atom. The predicted octanol–water partition coefficient (Wildman–Crippen LogP) is 2.91. The van der Waals surface area contributed by atoms with Crippen molar-refractivity contribution in [3.8, 4) is 0 Å². The second kappa shape index (κ2) is 8.66. The van der Waals surface area contributed by atoms with Crippen molar-refractivity contribution in [2.24, 2.45) is 5.92 Å². The number of nitrogens with zero attached hydrogens (tertiary/aromatic N) is 2. The molecule has 3 rings (SSSR count). The first kappa shape index (κ1) is 20.9. The number of hydrogen-bond donors (Lipinski definition) is 1. The van der Waals surface area contributed by atoms with E-state index in [-0.39, 0.29) is 30.2 Å². The normalized spacial score (nSPS) is 15.8. The zero-order valence-electron chi connectivity index (χ0n) is 15.5. The first-order valence-electron chi connectivity index (χ1n) is 9.03. The van der Waals surface area contributed by atoms with Gasteiger partial charge in [-0.05, 0) is 25.0 Å². The van der Waals surface area contributed by atoms with Gasteiger partial charge in [0, 0.05) is 42.4 Å². The van der Waals surface area contributed by atoms with Gasteiger partial charge in [-0.3, -0.25) is 14.9 Å². The lowest BCUT2D eigenvalue weighted by Crippen LogP contribution is -2.42. The van der Waals surface area contributed by atoms with Crippen LogP contribution in [0.5, 0.6) is 0 Å². The van der Waals surface area contributed by atoms with Gasteiger partial charge in [0.05, 0.1) is 10.7 Å². The fourth-order valence-electron chi connectivity index (χ4n) is 3.24. The number of nitro groups is 1. The van der Waals surface area contributed by atoms with Crippen molar-refractivity contribution in [3.63, 3.8) is 0 Å². The quantitative estimate of drug-likeness (QED) is 0.570. The van der Waals surface area contributed by atoms with Gasteiger partial charge < -0.3 is 5.32 Å². The van der Waals surface area contributed by atoms with E-state index < -0.39 is 32.4 Å². The second-order valence-corrected chi connectivity index (χ2v) is 8.79. The molecule has 154 valence electrons. The largest absolute Gasteiger partial charge is 0.326 e. The SMILES string of the molecule is O=C(Nc1cccc([N+](=O)[O-])c1)C1CCN(S(=O)(=O)Cc2ccccc2F)CC1. The number of hydrogen-bond acceptors (Lipinski definition) is 5. The van der Waals surface area contributed by atoms with E-state index in [0.29, 0.717) is 18.5 Å². The van der Waals surface area contributed by atoms with Crippen molar-refractivity contribution in [1.29, 1.82) is 0 Å². The van der Waals surface area contributed by atoms with Crippen molar-refractivity contribution in [1.82, 2.24) is 4.31 Å². The summed E-state index contributed by atoms with van der Waals surface area (Å²) in [5, 5.41) is 13.5. The summed E-state index contributed by atoms with van der Waals surface area (Å²) in [6.45, 7) is 0.313. The van der Waals surface area contributed by atoms with Crippen LogP contribution in [-0.2, 0) is 20.6 Å². The minimum Gasteiger partial charge on any atom is -0.326 e. The van der Waals surface area contributed by atoms with Crippen LogP contribution in [0, 0.1) is 21.8 Å². The molecule has 0 bridgehead atoms. The molecule has 10 heteroatoms. The Hall–Kier alpha value is -2.85. The number of benzene rings is 2. The number of rotatable bonds is 6. The Morgan fingerprint density at radius 1 is 1.17 bits per heavy atom. The molecule has 0 aromatic heterocycles. The maximum absolute atomic E-state index is 13.8. The molecule has 8 nitrogen and oxygen atoms in total. The lowest BCUT2D eigenvalue weighted by atomic mass is 9.97. The van der Waals surface area contributed by atoms with Crippen LogP contribution in [0.3, 0.4) is 0 Å². The van der Waals surface area contributed by atoms with Gasteiger partial charge in [0.1, 0.15) is 5.82 Å². The number of piperidine rings is 1. The number of halogens is 1. The number of non-ortho nitro benzene ring substituents is 1.